The lowest BCUT2D eigenvalue weighted by Gasteiger charge is -2.12. The van der Waals surface area contributed by atoms with Crippen molar-refractivity contribution in [1.82, 2.24) is 0 Å². The Bertz CT molecular complexity index is 253. The lowest BCUT2D eigenvalue weighted by Crippen LogP contribution is -2.24. The minimum absolute atomic E-state index is 0.0833. The quantitative estimate of drug-likeness (QED) is 0.299. The molecule has 0 fully saturated rings. The molecule has 0 heterocycles. The Morgan fingerprint density at radius 2 is 1.08 bits per heavy atom. The average molecular weight is 403 g/mol. The molecule has 0 aliphatic rings. The molecule has 0 spiro atoms. The number of rotatable bonds is 9. The molecule has 0 saturated carbocycles. The van der Waals surface area contributed by atoms with Crippen molar-refractivity contribution in [3.8, 4) is 0 Å². The van der Waals surface area contributed by atoms with E-state index in [4.69, 9.17) is 19.4 Å². The van der Waals surface area contributed by atoms with Crippen LogP contribution in [0.25, 0.3) is 0 Å². The smallest absolute Gasteiger partial charge is 0.326 e. The molecular formula is C15H42O6Si3. The Hall–Kier alpha value is 0.411. The summed E-state index contributed by atoms with van der Waals surface area (Å²) in [6, 6.07) is 1.93. The molecule has 0 aromatic rings. The molecular weight excluding hydrogens is 360 g/mol. The predicted octanol–water partition coefficient (Wildman–Crippen LogP) is 2.24. The van der Waals surface area contributed by atoms with Crippen molar-refractivity contribution < 1.29 is 29.0 Å². The zero-order valence-corrected chi connectivity index (χ0v) is 19.8. The van der Waals surface area contributed by atoms with Crippen LogP contribution in [0.4, 0.5) is 0 Å². The van der Waals surface area contributed by atoms with E-state index in [2.05, 4.69) is 6.92 Å². The van der Waals surface area contributed by atoms with E-state index in [1.54, 1.807) is 0 Å². The van der Waals surface area contributed by atoms with Gasteiger partial charge in [-0.05, 0) is 57.8 Å². The molecule has 0 rings (SSSR count). The Morgan fingerprint density at radius 1 is 0.708 bits per heavy atom. The second-order valence-electron chi connectivity index (χ2n) is 7.66. The van der Waals surface area contributed by atoms with Gasteiger partial charge in [-0.3, -0.25) is 0 Å². The predicted molar refractivity (Wildman–Crippen MR) is 108 cm³/mol. The summed E-state index contributed by atoms with van der Waals surface area (Å²) in [5.74, 6) is 0. The van der Waals surface area contributed by atoms with Gasteiger partial charge in [-0.15, -0.1) is 0 Å². The van der Waals surface area contributed by atoms with Crippen LogP contribution in [0.1, 0.15) is 26.2 Å². The first-order valence-electron chi connectivity index (χ1n) is 8.70. The van der Waals surface area contributed by atoms with Crippen LogP contribution in [-0.4, -0.2) is 69.3 Å². The third kappa shape index (κ3) is 57.1. The topological polar surface area (TPSA) is 110 Å². The number of unbranched alkanes of at least 4 members (excludes halogenated alkanes) is 1. The Balaban J connectivity index is -0.000000298. The standard InChI is InChI=1S/C7H18O3Si.C6H16OSi.C2H8O2Si/c1-11(2,9)7-3-5-10-6-4-8;1-4-5-6-8(2,3)7;1-5(2,3)4/h8-9H,3-7H2,1-2H3;7H,4-6H2,1-3H3;3-4H,1-2H3. The zero-order chi connectivity index (χ0) is 19.9. The fourth-order valence-electron chi connectivity index (χ4n) is 1.38. The molecule has 0 aliphatic heterocycles. The molecule has 0 saturated heterocycles. The molecule has 9 heteroatoms. The highest BCUT2D eigenvalue weighted by molar-refractivity contribution is 6.70. The van der Waals surface area contributed by atoms with Gasteiger partial charge in [0.05, 0.1) is 13.2 Å². The van der Waals surface area contributed by atoms with Crippen molar-refractivity contribution in [3.63, 3.8) is 0 Å². The van der Waals surface area contributed by atoms with E-state index < -0.39 is 25.2 Å². The summed E-state index contributed by atoms with van der Waals surface area (Å²) in [5.41, 5.74) is 0. The van der Waals surface area contributed by atoms with Gasteiger partial charge in [0, 0.05) is 6.61 Å². The van der Waals surface area contributed by atoms with E-state index in [1.165, 1.54) is 25.9 Å². The molecule has 0 unspecified atom stereocenters. The van der Waals surface area contributed by atoms with Gasteiger partial charge in [-0.2, -0.15) is 0 Å². The van der Waals surface area contributed by atoms with Crippen LogP contribution in [0.3, 0.4) is 0 Å². The van der Waals surface area contributed by atoms with Gasteiger partial charge in [-0.25, -0.2) is 0 Å². The monoisotopic (exact) mass is 402 g/mol. The van der Waals surface area contributed by atoms with Gasteiger partial charge in [0.25, 0.3) is 0 Å². The van der Waals surface area contributed by atoms with Crippen molar-refractivity contribution >= 4 is 25.2 Å². The first kappa shape index (κ1) is 29.2. The van der Waals surface area contributed by atoms with Crippen molar-refractivity contribution in [2.75, 3.05) is 19.8 Å². The molecule has 5 N–H and O–H groups in total. The second kappa shape index (κ2) is 15.6. The summed E-state index contributed by atoms with van der Waals surface area (Å²) < 4.78 is 5.04. The summed E-state index contributed by atoms with van der Waals surface area (Å²) in [6.07, 6.45) is 3.29. The van der Waals surface area contributed by atoms with Crippen molar-refractivity contribution in [1.29, 1.82) is 0 Å². The molecule has 0 aliphatic carbocycles. The molecule has 0 aromatic carbocycles. The Morgan fingerprint density at radius 3 is 1.33 bits per heavy atom. The number of ether oxygens (including phenoxy) is 1. The van der Waals surface area contributed by atoms with Crippen molar-refractivity contribution in [2.45, 2.75) is 77.6 Å². The molecule has 0 amide bonds. The van der Waals surface area contributed by atoms with Crippen LogP contribution >= 0.6 is 0 Å². The van der Waals surface area contributed by atoms with E-state index in [0.717, 1.165) is 18.5 Å². The molecule has 0 aromatic heterocycles. The van der Waals surface area contributed by atoms with E-state index in [0.29, 0.717) is 13.2 Å². The van der Waals surface area contributed by atoms with Crippen LogP contribution in [0.5, 0.6) is 0 Å². The summed E-state index contributed by atoms with van der Waals surface area (Å²) in [6.45, 7) is 14.0. The Kier molecular flexibility index (Phi) is 19.0. The number of hydrogen-bond acceptors (Lipinski definition) is 6. The molecule has 6 nitrogen and oxygen atoms in total. The lowest BCUT2D eigenvalue weighted by atomic mass is 10.4. The molecule has 0 radical (unpaired) electrons. The third-order valence-corrected chi connectivity index (χ3v) is 5.61. The fraction of sp³-hybridized carbons (Fsp3) is 1.00. The molecule has 0 bridgehead atoms. The number of hydrogen-bond donors (Lipinski definition) is 5. The van der Waals surface area contributed by atoms with Gasteiger partial charge in [-0.1, -0.05) is 19.8 Å². The lowest BCUT2D eigenvalue weighted by molar-refractivity contribution is 0.0924. The van der Waals surface area contributed by atoms with Gasteiger partial charge >= 0.3 is 8.56 Å². The average Bonchev–Trinajstić information content (AvgIpc) is 2.32. The van der Waals surface area contributed by atoms with E-state index in [1.807, 2.05) is 26.2 Å². The van der Waals surface area contributed by atoms with Crippen molar-refractivity contribution in [3.05, 3.63) is 0 Å². The maximum atomic E-state index is 9.41. The number of aliphatic hydroxyl groups is 1. The van der Waals surface area contributed by atoms with Crippen LogP contribution in [0, 0.1) is 0 Å². The van der Waals surface area contributed by atoms with Gasteiger partial charge in [0.2, 0.25) is 0 Å². The number of aliphatic hydroxyl groups excluding tert-OH is 1. The fourth-order valence-corrected chi connectivity index (χ4v) is 3.61. The SMILES string of the molecule is CCCC[Si](C)(C)O.C[Si](C)(O)CCCOCCO.C[Si](C)(O)O. The highest BCUT2D eigenvalue weighted by Gasteiger charge is 2.15. The second-order valence-corrected chi connectivity index (χ2v) is 18.9. The third-order valence-electron chi connectivity index (χ3n) is 2.46. The van der Waals surface area contributed by atoms with Gasteiger partial charge < -0.3 is 29.0 Å². The van der Waals surface area contributed by atoms with Gasteiger partial charge in [0.1, 0.15) is 0 Å². The summed E-state index contributed by atoms with van der Waals surface area (Å²) in [7, 11) is -6.15. The summed E-state index contributed by atoms with van der Waals surface area (Å²) >= 11 is 0. The summed E-state index contributed by atoms with van der Waals surface area (Å²) in [5, 5.41) is 8.36. The van der Waals surface area contributed by atoms with E-state index in [-0.39, 0.29) is 6.61 Å². The Labute approximate surface area is 152 Å². The van der Waals surface area contributed by atoms with Crippen LogP contribution < -0.4 is 0 Å². The van der Waals surface area contributed by atoms with E-state index >= 15 is 0 Å². The van der Waals surface area contributed by atoms with E-state index in [9.17, 15) is 9.59 Å². The largest absolute Gasteiger partial charge is 0.432 e. The van der Waals surface area contributed by atoms with Crippen LogP contribution in [-0.2, 0) is 4.74 Å². The van der Waals surface area contributed by atoms with Gasteiger partial charge in [0.15, 0.2) is 16.6 Å². The first-order valence-corrected chi connectivity index (χ1v) is 17.9. The minimum atomic E-state index is -2.61. The zero-order valence-electron chi connectivity index (χ0n) is 16.8. The van der Waals surface area contributed by atoms with Crippen molar-refractivity contribution in [2.24, 2.45) is 0 Å². The van der Waals surface area contributed by atoms with Crippen LogP contribution in [0.2, 0.25) is 51.4 Å². The highest BCUT2D eigenvalue weighted by Crippen LogP contribution is 2.08. The first-order chi connectivity index (χ1) is 10.6. The van der Waals surface area contributed by atoms with Crippen LogP contribution in [0.15, 0.2) is 0 Å². The maximum absolute atomic E-state index is 9.41. The minimum Gasteiger partial charge on any atom is -0.432 e. The molecule has 150 valence electrons. The highest BCUT2D eigenvalue weighted by atomic mass is 28.4. The molecule has 24 heavy (non-hydrogen) atoms. The molecule has 0 atom stereocenters. The normalized spacial score (nSPS) is 12.0. The summed E-state index contributed by atoms with van der Waals surface area (Å²) in [4.78, 5) is 35.1. The maximum Gasteiger partial charge on any atom is 0.326 e.